The molecule has 0 aromatic heterocycles. The number of hydrogen-bond donors (Lipinski definition) is 0. The van der Waals surface area contributed by atoms with Gasteiger partial charge < -0.3 is 0 Å². The number of rotatable bonds is 4. The lowest BCUT2D eigenvalue weighted by atomic mass is 9.83. The highest BCUT2D eigenvalue weighted by molar-refractivity contribution is 6.24. The summed E-state index contributed by atoms with van der Waals surface area (Å²) < 4.78 is 271. The predicted octanol–water partition coefficient (Wildman–Crippen LogP) is 13.0. The fraction of sp³-hybridized carbons (Fsp3) is 0. The fourth-order valence-corrected chi connectivity index (χ4v) is 5.25. The Morgan fingerprint density at radius 1 is 0.261 bits per heavy atom. The zero-order chi connectivity index (χ0) is 56.6. The van der Waals surface area contributed by atoms with Crippen molar-refractivity contribution in [3.8, 4) is 44.5 Å². The van der Waals surface area contributed by atoms with E-state index in [1.165, 1.54) is 0 Å². The zero-order valence-corrected chi connectivity index (χ0v) is 23.0. The molecule has 0 bridgehead atoms. The molecule has 0 unspecified atom stereocenters. The lowest BCUT2D eigenvalue weighted by Gasteiger charge is -2.20. The quantitative estimate of drug-likeness (QED) is 0.173. The van der Waals surface area contributed by atoms with Crippen molar-refractivity contribution in [2.75, 3.05) is 0 Å². The van der Waals surface area contributed by atoms with Crippen LogP contribution in [-0.2, 0) is 0 Å². The van der Waals surface area contributed by atoms with E-state index in [2.05, 4.69) is 0 Å². The third-order valence-corrected chi connectivity index (χ3v) is 7.19. The molecule has 0 aliphatic carbocycles. The number of benzene rings is 9. The topological polar surface area (TPSA) is 0 Å². The van der Waals surface area contributed by atoms with E-state index in [1.54, 1.807) is 0 Å². The van der Waals surface area contributed by atoms with Crippen molar-refractivity contribution in [1.82, 2.24) is 0 Å². The first kappa shape index (κ1) is 10.0. The summed E-state index contributed by atoms with van der Waals surface area (Å²) >= 11 is 0. The lowest BCUT2D eigenvalue weighted by Crippen LogP contribution is -1.93. The van der Waals surface area contributed by atoms with Crippen molar-refractivity contribution in [3.63, 3.8) is 0 Å². The third-order valence-electron chi connectivity index (χ3n) is 7.19. The van der Waals surface area contributed by atoms with Crippen LogP contribution >= 0.6 is 0 Å². The van der Waals surface area contributed by atoms with Crippen molar-refractivity contribution in [2.24, 2.45) is 0 Å². The average Bonchev–Trinajstić information content (AvgIpc) is 3.39. The molecule has 0 heteroatoms. The molecule has 0 fully saturated rings. The van der Waals surface area contributed by atoms with Gasteiger partial charge in [0, 0.05) is 0 Å². The summed E-state index contributed by atoms with van der Waals surface area (Å²) in [6.07, 6.45) is 0. The van der Waals surface area contributed by atoms with Crippen LogP contribution in [0, 0.1) is 0 Å². The summed E-state index contributed by atoms with van der Waals surface area (Å²) in [5, 5.41) is -6.50. The number of fused-ring (bicyclic) bond motifs is 4. The first-order valence-corrected chi connectivity index (χ1v) is 13.5. The minimum Gasteiger partial charge on any atom is -0.0622 e. The van der Waals surface area contributed by atoms with Crippen molar-refractivity contribution in [2.45, 2.75) is 0 Å². The van der Waals surface area contributed by atoms with Crippen molar-refractivity contribution >= 4 is 43.1 Å². The smallest absolute Gasteiger partial charge is 0.0622 e. The second kappa shape index (κ2) is 10.9. The normalized spacial score (nSPS) is 20.6. The van der Waals surface area contributed by atoms with E-state index >= 15 is 0 Å². The molecule has 0 aliphatic heterocycles. The van der Waals surface area contributed by atoms with Crippen molar-refractivity contribution in [3.05, 3.63) is 181 Å². The first-order chi connectivity index (χ1) is 35.3. The van der Waals surface area contributed by atoms with E-state index in [0.29, 0.717) is 0 Å². The highest BCUT2D eigenvalue weighted by Crippen LogP contribution is 2.47. The molecule has 9 rings (SSSR count). The van der Waals surface area contributed by atoms with E-state index in [1.807, 2.05) is 0 Å². The Hall–Kier alpha value is -5.98. The van der Waals surface area contributed by atoms with Gasteiger partial charge in [0.15, 0.2) is 0 Å². The molecular weight excluding hydrogens is 553 g/mol. The predicted molar refractivity (Wildman–Crippen MR) is 198 cm³/mol. The molecule has 9 aromatic carbocycles. The molecule has 0 N–H and O–H groups in total. The van der Waals surface area contributed by atoms with Crippen LogP contribution in [0.2, 0.25) is 0 Å². The van der Waals surface area contributed by atoms with Crippen LogP contribution in [-0.4, -0.2) is 0 Å². The first-order valence-electron chi connectivity index (χ1n) is 28.5. The van der Waals surface area contributed by atoms with E-state index < -0.39 is 269 Å². The van der Waals surface area contributed by atoms with Crippen LogP contribution < -0.4 is 0 Å². The monoisotopic (exact) mass is 612 g/mol. The second-order valence-electron chi connectivity index (χ2n) is 9.75. The molecule has 0 radical (unpaired) electrons. The molecule has 214 valence electrons. The van der Waals surface area contributed by atoms with Gasteiger partial charge in [0.05, 0.1) is 41.1 Å². The minimum absolute atomic E-state index is 0.629. The summed E-state index contributed by atoms with van der Waals surface area (Å²) in [5.41, 5.74) is -7.24. The maximum atomic E-state index is 10.2. The van der Waals surface area contributed by atoms with Gasteiger partial charge in [-0.3, -0.25) is 0 Å². The molecule has 0 atom stereocenters. The molecule has 0 heterocycles. The molecule has 0 nitrogen and oxygen atoms in total. The van der Waals surface area contributed by atoms with E-state index in [9.17, 15) is 13.7 Å². The Morgan fingerprint density at radius 3 is 1.54 bits per heavy atom. The maximum absolute atomic E-state index is 10.2. The van der Waals surface area contributed by atoms with Gasteiger partial charge in [-0.2, -0.15) is 0 Å². The van der Waals surface area contributed by atoms with E-state index in [0.717, 1.165) is 0 Å². The summed E-state index contributed by atoms with van der Waals surface area (Å²) in [5.74, 6) is 0. The van der Waals surface area contributed by atoms with Crippen molar-refractivity contribution in [1.29, 1.82) is 0 Å². The molecular formula is C46H30. The van der Waals surface area contributed by atoms with Crippen molar-refractivity contribution < 1.29 is 41.1 Å². The van der Waals surface area contributed by atoms with E-state index in [-0.39, 0.29) is 0 Å². The molecule has 0 spiro atoms. The Balaban J connectivity index is 1.74. The molecule has 0 saturated carbocycles. The standard InChI is InChI=1S/C46H30/c1-3-13-31(14-4-1)38-28-37-19-9-10-20-39(37)43(30-38)46-41-22-12-11-21-40(41)45(33-16-5-2-6-17-33)42-26-25-36(29-44(42)46)35-24-23-32-15-7-8-18-34(32)27-35/h1-30H/i1D,2D,3D,4D,5D,6D,7D,8D,9D,10D,11D,12D,13D,14D,15D,16D,17D,18D,19D,20D,21D,22D,23D,24D,25D,26D,27D,28D,29D,30D. The Kier molecular flexibility index (Phi) is 2.37. The lowest BCUT2D eigenvalue weighted by molar-refractivity contribution is 1.63. The molecule has 9 aromatic rings. The molecule has 46 heavy (non-hydrogen) atoms. The van der Waals surface area contributed by atoms with Crippen LogP contribution in [0.5, 0.6) is 0 Å². The summed E-state index contributed by atoms with van der Waals surface area (Å²) in [6.45, 7) is 0. The fourth-order valence-electron chi connectivity index (χ4n) is 5.25. The Morgan fingerprint density at radius 2 is 0.783 bits per heavy atom. The van der Waals surface area contributed by atoms with Gasteiger partial charge in [-0.05, 0) is 112 Å². The van der Waals surface area contributed by atoms with Gasteiger partial charge in [0.25, 0.3) is 0 Å². The van der Waals surface area contributed by atoms with Crippen LogP contribution in [0.15, 0.2) is 181 Å². The van der Waals surface area contributed by atoms with Gasteiger partial charge in [-0.1, -0.05) is 157 Å². The zero-order valence-electron chi connectivity index (χ0n) is 53.0. The molecule has 0 amide bonds. The molecule has 0 saturated heterocycles. The molecule has 0 aliphatic rings. The largest absolute Gasteiger partial charge is 0.0636 e. The summed E-state index contributed by atoms with van der Waals surface area (Å²) in [6, 6.07) is -30.7. The Bertz CT molecular complexity index is 4220. The van der Waals surface area contributed by atoms with Gasteiger partial charge in [-0.15, -0.1) is 0 Å². The average molecular weight is 613 g/mol. The van der Waals surface area contributed by atoms with Gasteiger partial charge in [0.1, 0.15) is 0 Å². The van der Waals surface area contributed by atoms with Gasteiger partial charge in [0.2, 0.25) is 0 Å². The van der Waals surface area contributed by atoms with E-state index in [4.69, 9.17) is 27.4 Å². The highest BCUT2D eigenvalue weighted by atomic mass is 14.2. The SMILES string of the molecule is [2H]c1c([2H])c([2H])c(-c2c([2H])c(-c3c4c([2H])c([2H])c([2H])c([2H])c4c(-c4c([2H])c([2H])c([2H])c([2H])c4[2H])c4c([2H])c([2H])c(-c5c([2H])c([2H])c6c([2H])c([2H])c([2H])c([2H])c6c5[2H])c([2H])c34)c3c([2H])c([2H])c([2H])c([2H])c3c2[2H])c([2H])c1[2H]. The number of hydrogen-bond acceptors (Lipinski definition) is 0. The van der Waals surface area contributed by atoms with Gasteiger partial charge >= 0.3 is 0 Å². The summed E-state index contributed by atoms with van der Waals surface area (Å²) in [4.78, 5) is 0. The minimum atomic E-state index is -1.18. The summed E-state index contributed by atoms with van der Waals surface area (Å²) in [7, 11) is 0. The van der Waals surface area contributed by atoms with Crippen LogP contribution in [0.4, 0.5) is 0 Å². The Labute approximate surface area is 311 Å². The van der Waals surface area contributed by atoms with Crippen LogP contribution in [0.25, 0.3) is 87.6 Å². The van der Waals surface area contributed by atoms with Crippen LogP contribution in [0.1, 0.15) is 41.1 Å². The maximum Gasteiger partial charge on any atom is 0.0636 e. The van der Waals surface area contributed by atoms with Crippen LogP contribution in [0.3, 0.4) is 0 Å². The highest BCUT2D eigenvalue weighted by Gasteiger charge is 2.19. The third kappa shape index (κ3) is 4.38. The second-order valence-corrected chi connectivity index (χ2v) is 9.75. The van der Waals surface area contributed by atoms with Gasteiger partial charge in [-0.25, -0.2) is 0 Å².